The van der Waals surface area contributed by atoms with Crippen molar-refractivity contribution in [1.29, 1.82) is 0 Å². The second-order valence-electron chi connectivity index (χ2n) is 8.12. The summed E-state index contributed by atoms with van der Waals surface area (Å²) in [6.07, 6.45) is 5.42. The van der Waals surface area contributed by atoms with E-state index in [9.17, 15) is 0 Å². The number of hydrogen-bond donors (Lipinski definition) is 2. The molecule has 2 heteroatoms. The molecule has 0 heterocycles. The summed E-state index contributed by atoms with van der Waals surface area (Å²) >= 11 is 0. The summed E-state index contributed by atoms with van der Waals surface area (Å²) in [5.74, 6) is 0.734. The molecular formula is C23H30N2. The van der Waals surface area contributed by atoms with Gasteiger partial charge in [0.2, 0.25) is 0 Å². The lowest BCUT2D eigenvalue weighted by molar-refractivity contribution is 0.126. The Morgan fingerprint density at radius 1 is 0.960 bits per heavy atom. The van der Waals surface area contributed by atoms with Crippen molar-refractivity contribution in [3.63, 3.8) is 0 Å². The first-order valence-electron chi connectivity index (χ1n) is 9.79. The van der Waals surface area contributed by atoms with Gasteiger partial charge < -0.3 is 10.6 Å². The molecule has 2 aliphatic rings. The standard InChI is InChI=1S/C23H30N2/c1-18-8-5-6-11-20(18)15-24-16-23(12-7-13-23)17-25-22-14-21(22)19-9-3-2-4-10-19/h2-6,8-11,21-22,24-25H,7,12-17H2,1H3/t21?,22-/m0/s1. The van der Waals surface area contributed by atoms with Gasteiger partial charge in [0, 0.05) is 31.6 Å². The molecule has 0 saturated heterocycles. The van der Waals surface area contributed by atoms with Crippen LogP contribution >= 0.6 is 0 Å². The van der Waals surface area contributed by atoms with Gasteiger partial charge in [0.25, 0.3) is 0 Å². The Morgan fingerprint density at radius 3 is 2.44 bits per heavy atom. The number of hydrogen-bond acceptors (Lipinski definition) is 2. The van der Waals surface area contributed by atoms with Gasteiger partial charge in [-0.2, -0.15) is 0 Å². The van der Waals surface area contributed by atoms with Crippen LogP contribution in [0.25, 0.3) is 0 Å². The van der Waals surface area contributed by atoms with Gasteiger partial charge in [0.15, 0.2) is 0 Å². The molecule has 2 aromatic carbocycles. The largest absolute Gasteiger partial charge is 0.313 e. The van der Waals surface area contributed by atoms with E-state index >= 15 is 0 Å². The van der Waals surface area contributed by atoms with E-state index in [1.54, 1.807) is 0 Å². The van der Waals surface area contributed by atoms with Crippen LogP contribution in [0, 0.1) is 12.3 Å². The second kappa shape index (κ2) is 7.31. The van der Waals surface area contributed by atoms with Gasteiger partial charge in [-0.25, -0.2) is 0 Å². The predicted molar refractivity (Wildman–Crippen MR) is 105 cm³/mol. The highest BCUT2D eigenvalue weighted by molar-refractivity contribution is 5.28. The summed E-state index contributed by atoms with van der Waals surface area (Å²) in [6, 6.07) is 20.4. The third-order valence-corrected chi connectivity index (χ3v) is 6.25. The minimum absolute atomic E-state index is 0.479. The third-order valence-electron chi connectivity index (χ3n) is 6.25. The molecule has 0 radical (unpaired) electrons. The summed E-state index contributed by atoms with van der Waals surface area (Å²) in [7, 11) is 0. The molecule has 25 heavy (non-hydrogen) atoms. The number of rotatable bonds is 8. The van der Waals surface area contributed by atoms with Crippen molar-refractivity contribution in [3.8, 4) is 0 Å². The molecule has 132 valence electrons. The molecule has 4 rings (SSSR count). The van der Waals surface area contributed by atoms with Crippen molar-refractivity contribution in [2.24, 2.45) is 5.41 Å². The molecule has 0 aromatic heterocycles. The Morgan fingerprint density at radius 2 is 1.72 bits per heavy atom. The highest BCUT2D eigenvalue weighted by Gasteiger charge is 2.42. The average molecular weight is 335 g/mol. The molecule has 0 spiro atoms. The summed E-state index contributed by atoms with van der Waals surface area (Å²) < 4.78 is 0. The molecule has 2 aromatic rings. The van der Waals surface area contributed by atoms with Gasteiger partial charge in [-0.1, -0.05) is 61.0 Å². The first-order valence-corrected chi connectivity index (χ1v) is 9.79. The molecule has 2 saturated carbocycles. The van der Waals surface area contributed by atoms with Crippen molar-refractivity contribution < 1.29 is 0 Å². The lowest BCUT2D eigenvalue weighted by atomic mass is 9.68. The van der Waals surface area contributed by atoms with E-state index in [1.165, 1.54) is 48.9 Å². The van der Waals surface area contributed by atoms with Crippen LogP contribution in [-0.2, 0) is 6.54 Å². The van der Waals surface area contributed by atoms with Crippen LogP contribution in [0.5, 0.6) is 0 Å². The zero-order chi connectivity index (χ0) is 17.1. The highest BCUT2D eigenvalue weighted by atomic mass is 15.0. The molecule has 2 nitrogen and oxygen atoms in total. The molecule has 2 atom stereocenters. The van der Waals surface area contributed by atoms with E-state index in [1.807, 2.05) is 0 Å². The Kier molecular flexibility index (Phi) is 4.91. The first kappa shape index (κ1) is 16.8. The van der Waals surface area contributed by atoms with E-state index in [2.05, 4.69) is 72.2 Å². The average Bonchev–Trinajstić information content (AvgIpc) is 3.38. The lowest BCUT2D eigenvalue weighted by Crippen LogP contribution is -2.47. The molecule has 2 fully saturated rings. The van der Waals surface area contributed by atoms with E-state index in [-0.39, 0.29) is 0 Å². The van der Waals surface area contributed by atoms with Gasteiger partial charge >= 0.3 is 0 Å². The van der Waals surface area contributed by atoms with Gasteiger partial charge in [-0.15, -0.1) is 0 Å². The third kappa shape index (κ3) is 3.96. The van der Waals surface area contributed by atoms with Crippen LogP contribution in [0.1, 0.15) is 48.3 Å². The van der Waals surface area contributed by atoms with Crippen molar-refractivity contribution in [1.82, 2.24) is 10.6 Å². The number of nitrogens with one attached hydrogen (secondary N) is 2. The van der Waals surface area contributed by atoms with Crippen LogP contribution in [0.3, 0.4) is 0 Å². The topological polar surface area (TPSA) is 24.1 Å². The van der Waals surface area contributed by atoms with Gasteiger partial charge in [-0.05, 0) is 48.3 Å². The fourth-order valence-electron chi connectivity index (χ4n) is 4.20. The zero-order valence-electron chi connectivity index (χ0n) is 15.3. The van der Waals surface area contributed by atoms with Crippen molar-refractivity contribution in [3.05, 3.63) is 71.3 Å². The first-order chi connectivity index (χ1) is 12.3. The van der Waals surface area contributed by atoms with Crippen LogP contribution in [0.2, 0.25) is 0 Å². The molecule has 1 unspecified atom stereocenters. The van der Waals surface area contributed by atoms with Crippen LogP contribution in [0.4, 0.5) is 0 Å². The SMILES string of the molecule is Cc1ccccc1CNCC1(CN[C@H]2CC2c2ccccc2)CCC1. The van der Waals surface area contributed by atoms with Crippen LogP contribution < -0.4 is 10.6 Å². The Hall–Kier alpha value is -1.64. The molecule has 2 aliphatic carbocycles. The highest BCUT2D eigenvalue weighted by Crippen LogP contribution is 2.44. The van der Waals surface area contributed by atoms with Crippen LogP contribution in [0.15, 0.2) is 54.6 Å². The smallest absolute Gasteiger partial charge is 0.0208 e. The van der Waals surface area contributed by atoms with Crippen molar-refractivity contribution in [2.45, 2.75) is 51.1 Å². The normalized spacial score (nSPS) is 23.9. The maximum absolute atomic E-state index is 3.87. The molecule has 0 aliphatic heterocycles. The summed E-state index contributed by atoms with van der Waals surface area (Å²) in [4.78, 5) is 0. The predicted octanol–water partition coefficient (Wildman–Crippen LogP) is 4.40. The van der Waals surface area contributed by atoms with Gasteiger partial charge in [0.1, 0.15) is 0 Å². The Balaban J connectivity index is 1.24. The van der Waals surface area contributed by atoms with E-state index in [4.69, 9.17) is 0 Å². The Labute approximate surface area is 152 Å². The number of aryl methyl sites for hydroxylation is 1. The quantitative estimate of drug-likeness (QED) is 0.747. The maximum Gasteiger partial charge on any atom is 0.0208 e. The minimum Gasteiger partial charge on any atom is -0.313 e. The van der Waals surface area contributed by atoms with Gasteiger partial charge in [0.05, 0.1) is 0 Å². The summed E-state index contributed by atoms with van der Waals surface area (Å²) in [5.41, 5.74) is 4.79. The van der Waals surface area contributed by atoms with Crippen molar-refractivity contribution >= 4 is 0 Å². The summed E-state index contributed by atoms with van der Waals surface area (Å²) in [5, 5.41) is 7.60. The summed E-state index contributed by atoms with van der Waals surface area (Å²) in [6.45, 7) is 5.50. The Bertz CT molecular complexity index is 690. The zero-order valence-corrected chi connectivity index (χ0v) is 15.3. The number of benzene rings is 2. The molecular weight excluding hydrogens is 304 g/mol. The van der Waals surface area contributed by atoms with Gasteiger partial charge in [-0.3, -0.25) is 0 Å². The molecule has 2 N–H and O–H groups in total. The monoisotopic (exact) mass is 334 g/mol. The lowest BCUT2D eigenvalue weighted by Gasteiger charge is -2.42. The van der Waals surface area contributed by atoms with E-state index in [0.29, 0.717) is 11.5 Å². The van der Waals surface area contributed by atoms with E-state index < -0.39 is 0 Å². The molecule has 0 amide bonds. The second-order valence-corrected chi connectivity index (χ2v) is 8.12. The van der Waals surface area contributed by atoms with E-state index in [0.717, 1.165) is 19.0 Å². The minimum atomic E-state index is 0.479. The maximum atomic E-state index is 3.87. The molecule has 0 bridgehead atoms. The fraction of sp³-hybridized carbons (Fsp3) is 0.478. The fourth-order valence-corrected chi connectivity index (χ4v) is 4.20. The van der Waals surface area contributed by atoms with Crippen LogP contribution in [-0.4, -0.2) is 19.1 Å². The van der Waals surface area contributed by atoms with Crippen molar-refractivity contribution in [2.75, 3.05) is 13.1 Å².